The standard InChI is InChI=1S/C14H22N4O2/c1-17(2)14(20)12-7-8-13(16-15-12)18(9-4-10-19)11-5-3-6-11/h7-8,11,19H,3-6,9-10H2,1-2H3. The second-order valence-corrected chi connectivity index (χ2v) is 5.33. The second kappa shape index (κ2) is 6.65. The second-order valence-electron chi connectivity index (χ2n) is 5.33. The van der Waals surface area contributed by atoms with Crippen molar-refractivity contribution in [1.29, 1.82) is 0 Å². The number of hydrogen-bond acceptors (Lipinski definition) is 5. The van der Waals surface area contributed by atoms with Gasteiger partial charge in [0.15, 0.2) is 11.5 Å². The Morgan fingerprint density at radius 2 is 2.10 bits per heavy atom. The molecule has 1 aromatic heterocycles. The Balaban J connectivity index is 2.10. The van der Waals surface area contributed by atoms with Gasteiger partial charge in [-0.3, -0.25) is 4.79 Å². The zero-order chi connectivity index (χ0) is 14.5. The lowest BCUT2D eigenvalue weighted by Crippen LogP contribution is -2.41. The van der Waals surface area contributed by atoms with Crippen LogP contribution in [0.4, 0.5) is 5.82 Å². The van der Waals surface area contributed by atoms with Gasteiger partial charge in [-0.25, -0.2) is 0 Å². The first-order valence-corrected chi connectivity index (χ1v) is 7.06. The molecular formula is C14H22N4O2. The molecule has 0 radical (unpaired) electrons. The molecule has 110 valence electrons. The number of rotatable bonds is 6. The first-order chi connectivity index (χ1) is 9.63. The highest BCUT2D eigenvalue weighted by Gasteiger charge is 2.26. The quantitative estimate of drug-likeness (QED) is 0.838. The van der Waals surface area contributed by atoms with Crippen LogP contribution in [0.15, 0.2) is 12.1 Å². The fourth-order valence-electron chi connectivity index (χ4n) is 2.25. The zero-order valence-corrected chi connectivity index (χ0v) is 12.1. The molecular weight excluding hydrogens is 256 g/mol. The van der Waals surface area contributed by atoms with Crippen molar-refractivity contribution in [2.45, 2.75) is 31.7 Å². The molecule has 1 aliphatic carbocycles. The van der Waals surface area contributed by atoms with Crippen LogP contribution in [0.5, 0.6) is 0 Å². The molecule has 1 amide bonds. The first kappa shape index (κ1) is 14.7. The summed E-state index contributed by atoms with van der Waals surface area (Å²) in [6.45, 7) is 0.949. The lowest BCUT2D eigenvalue weighted by molar-refractivity contribution is 0.0821. The van der Waals surface area contributed by atoms with E-state index in [4.69, 9.17) is 5.11 Å². The number of amides is 1. The number of carbonyl (C=O) groups excluding carboxylic acids is 1. The van der Waals surface area contributed by atoms with E-state index in [1.807, 2.05) is 6.07 Å². The molecule has 0 unspecified atom stereocenters. The summed E-state index contributed by atoms with van der Waals surface area (Å²) >= 11 is 0. The lowest BCUT2D eigenvalue weighted by Gasteiger charge is -2.38. The third-order valence-electron chi connectivity index (χ3n) is 3.64. The van der Waals surface area contributed by atoms with E-state index in [0.29, 0.717) is 11.7 Å². The van der Waals surface area contributed by atoms with E-state index in [1.165, 1.54) is 11.3 Å². The molecule has 0 saturated heterocycles. The molecule has 2 rings (SSSR count). The minimum absolute atomic E-state index is 0.144. The molecule has 1 aliphatic rings. The maximum atomic E-state index is 11.8. The number of aliphatic hydroxyl groups excluding tert-OH is 1. The summed E-state index contributed by atoms with van der Waals surface area (Å²) < 4.78 is 0. The first-order valence-electron chi connectivity index (χ1n) is 7.06. The Hall–Kier alpha value is -1.69. The van der Waals surface area contributed by atoms with Crippen LogP contribution < -0.4 is 4.90 Å². The van der Waals surface area contributed by atoms with Gasteiger partial charge < -0.3 is 14.9 Å². The lowest BCUT2D eigenvalue weighted by atomic mass is 9.91. The molecule has 1 heterocycles. The van der Waals surface area contributed by atoms with Gasteiger partial charge in [0.05, 0.1) is 0 Å². The van der Waals surface area contributed by atoms with E-state index in [-0.39, 0.29) is 12.5 Å². The van der Waals surface area contributed by atoms with E-state index in [9.17, 15) is 4.79 Å². The summed E-state index contributed by atoms with van der Waals surface area (Å²) in [7, 11) is 3.39. The summed E-state index contributed by atoms with van der Waals surface area (Å²) in [5.74, 6) is 0.646. The largest absolute Gasteiger partial charge is 0.396 e. The van der Waals surface area contributed by atoms with Crippen LogP contribution in [-0.4, -0.2) is 59.4 Å². The van der Waals surface area contributed by atoms with Crippen molar-refractivity contribution < 1.29 is 9.90 Å². The number of nitrogens with zero attached hydrogens (tertiary/aromatic N) is 4. The maximum Gasteiger partial charge on any atom is 0.273 e. The maximum absolute atomic E-state index is 11.8. The summed E-state index contributed by atoms with van der Waals surface area (Å²) in [4.78, 5) is 15.5. The van der Waals surface area contributed by atoms with Crippen molar-refractivity contribution in [2.24, 2.45) is 0 Å². The molecule has 0 aliphatic heterocycles. The molecule has 0 aromatic carbocycles. The predicted molar refractivity (Wildman–Crippen MR) is 76.7 cm³/mol. The predicted octanol–water partition coefficient (Wildman–Crippen LogP) is 0.920. The van der Waals surface area contributed by atoms with Crippen molar-refractivity contribution in [3.8, 4) is 0 Å². The number of aromatic nitrogens is 2. The van der Waals surface area contributed by atoms with Crippen LogP contribution in [0.1, 0.15) is 36.2 Å². The van der Waals surface area contributed by atoms with Gasteiger partial charge >= 0.3 is 0 Å². The molecule has 1 aromatic rings. The Labute approximate surface area is 119 Å². The van der Waals surface area contributed by atoms with Crippen molar-refractivity contribution in [2.75, 3.05) is 32.1 Å². The number of anilines is 1. The van der Waals surface area contributed by atoms with Crippen molar-refractivity contribution >= 4 is 11.7 Å². The number of aliphatic hydroxyl groups is 1. The van der Waals surface area contributed by atoms with E-state index in [2.05, 4.69) is 15.1 Å². The van der Waals surface area contributed by atoms with Crippen molar-refractivity contribution in [3.05, 3.63) is 17.8 Å². The van der Waals surface area contributed by atoms with Crippen molar-refractivity contribution in [3.63, 3.8) is 0 Å². The molecule has 1 N–H and O–H groups in total. The van der Waals surface area contributed by atoms with Crippen molar-refractivity contribution in [1.82, 2.24) is 15.1 Å². The number of carbonyl (C=O) groups is 1. The van der Waals surface area contributed by atoms with Crippen LogP contribution in [-0.2, 0) is 0 Å². The van der Waals surface area contributed by atoms with E-state index in [0.717, 1.165) is 31.6 Å². The smallest absolute Gasteiger partial charge is 0.273 e. The van der Waals surface area contributed by atoms with Crippen LogP contribution in [0, 0.1) is 0 Å². The van der Waals surface area contributed by atoms with Gasteiger partial charge in [0, 0.05) is 33.3 Å². The highest BCUT2D eigenvalue weighted by Crippen LogP contribution is 2.28. The third-order valence-corrected chi connectivity index (χ3v) is 3.64. The summed E-state index contributed by atoms with van der Waals surface area (Å²) in [5, 5.41) is 17.2. The summed E-state index contributed by atoms with van der Waals surface area (Å²) in [6.07, 6.45) is 4.28. The van der Waals surface area contributed by atoms with Gasteiger partial charge in [0.25, 0.3) is 5.91 Å². The minimum atomic E-state index is -0.144. The van der Waals surface area contributed by atoms with Gasteiger partial charge in [-0.1, -0.05) is 0 Å². The fraction of sp³-hybridized carbons (Fsp3) is 0.643. The van der Waals surface area contributed by atoms with Gasteiger partial charge in [-0.15, -0.1) is 10.2 Å². The normalized spacial score (nSPS) is 14.8. The average Bonchev–Trinajstić information content (AvgIpc) is 2.40. The van der Waals surface area contributed by atoms with Gasteiger partial charge in [-0.05, 0) is 37.8 Å². The Morgan fingerprint density at radius 1 is 1.35 bits per heavy atom. The molecule has 1 fully saturated rings. The molecule has 20 heavy (non-hydrogen) atoms. The summed E-state index contributed by atoms with van der Waals surface area (Å²) in [6, 6.07) is 4.06. The van der Waals surface area contributed by atoms with Crippen LogP contribution in [0.2, 0.25) is 0 Å². The van der Waals surface area contributed by atoms with E-state index in [1.54, 1.807) is 20.2 Å². The van der Waals surface area contributed by atoms with Gasteiger partial charge in [-0.2, -0.15) is 0 Å². The Bertz CT molecular complexity index is 443. The van der Waals surface area contributed by atoms with Crippen LogP contribution in [0.25, 0.3) is 0 Å². The average molecular weight is 278 g/mol. The molecule has 0 spiro atoms. The van der Waals surface area contributed by atoms with Gasteiger partial charge in [0.1, 0.15) is 0 Å². The molecule has 6 heteroatoms. The topological polar surface area (TPSA) is 69.6 Å². The fourth-order valence-corrected chi connectivity index (χ4v) is 2.25. The monoisotopic (exact) mass is 278 g/mol. The highest BCUT2D eigenvalue weighted by molar-refractivity contribution is 5.91. The SMILES string of the molecule is CN(C)C(=O)c1ccc(N(CCCO)C2CCC2)nn1. The molecule has 0 bridgehead atoms. The van der Waals surface area contributed by atoms with E-state index >= 15 is 0 Å². The minimum Gasteiger partial charge on any atom is -0.396 e. The molecule has 6 nitrogen and oxygen atoms in total. The van der Waals surface area contributed by atoms with Gasteiger partial charge in [0.2, 0.25) is 0 Å². The highest BCUT2D eigenvalue weighted by atomic mass is 16.3. The number of hydrogen-bond donors (Lipinski definition) is 1. The third kappa shape index (κ3) is 3.25. The Kier molecular flexibility index (Phi) is 4.89. The van der Waals surface area contributed by atoms with Crippen LogP contribution in [0.3, 0.4) is 0 Å². The van der Waals surface area contributed by atoms with Crippen LogP contribution >= 0.6 is 0 Å². The Morgan fingerprint density at radius 3 is 2.55 bits per heavy atom. The van der Waals surface area contributed by atoms with E-state index < -0.39 is 0 Å². The molecule has 0 atom stereocenters. The zero-order valence-electron chi connectivity index (χ0n) is 12.1. The summed E-state index contributed by atoms with van der Waals surface area (Å²) in [5.41, 5.74) is 0.356. The molecule has 1 saturated carbocycles.